The number of aromatic nitrogens is 3. The van der Waals surface area contributed by atoms with Crippen molar-refractivity contribution < 1.29 is 46.9 Å². The zero-order valence-electron chi connectivity index (χ0n) is 33.5. The number of amides is 2. The lowest BCUT2D eigenvalue weighted by atomic mass is 10.1. The van der Waals surface area contributed by atoms with Crippen LogP contribution in [0.5, 0.6) is 11.5 Å². The molecule has 4 aromatic carbocycles. The van der Waals surface area contributed by atoms with E-state index in [-0.39, 0.29) is 36.3 Å². The van der Waals surface area contributed by atoms with Gasteiger partial charge in [0.1, 0.15) is 17.3 Å². The van der Waals surface area contributed by atoms with Gasteiger partial charge in [-0.25, -0.2) is 23.4 Å². The third-order valence-corrected chi connectivity index (χ3v) is 10.9. The van der Waals surface area contributed by atoms with Crippen LogP contribution in [0.15, 0.2) is 120 Å². The van der Waals surface area contributed by atoms with Gasteiger partial charge >= 0.3 is 13.7 Å². The highest BCUT2D eigenvalue weighted by Crippen LogP contribution is 2.55. The van der Waals surface area contributed by atoms with Gasteiger partial charge in [0.05, 0.1) is 57.6 Å². The van der Waals surface area contributed by atoms with Gasteiger partial charge in [-0.15, -0.1) is 5.10 Å². The molecule has 6 N–H and O–H groups in total. The molecule has 0 bridgehead atoms. The summed E-state index contributed by atoms with van der Waals surface area (Å²) >= 11 is 0. The minimum Gasteiger partial charge on any atom is -0.465 e. The van der Waals surface area contributed by atoms with Crippen molar-refractivity contribution in [2.45, 2.75) is 31.6 Å². The van der Waals surface area contributed by atoms with E-state index in [0.717, 1.165) is 4.90 Å². The van der Waals surface area contributed by atoms with Crippen LogP contribution in [-0.4, -0.2) is 101 Å². The number of carbonyl (C=O) groups excluding carboxylic acids is 1. The number of para-hydroxylation sites is 2. The van der Waals surface area contributed by atoms with Crippen molar-refractivity contribution in [1.29, 1.82) is 0 Å². The Morgan fingerprint density at radius 2 is 1.41 bits per heavy atom. The monoisotopic (exact) mass is 860 g/mol. The van der Waals surface area contributed by atoms with Crippen LogP contribution in [0.3, 0.4) is 0 Å². The molecule has 0 saturated carbocycles. The molecular weight excluding hydrogens is 810 g/mol. The molecule has 1 atom stereocenters. The molecule has 0 aliphatic heterocycles. The number of rotatable bonds is 26. The van der Waals surface area contributed by atoms with E-state index in [0.29, 0.717) is 88.1 Å². The number of aliphatic imine (C=N–C) groups is 1. The van der Waals surface area contributed by atoms with Gasteiger partial charge in [-0.05, 0) is 79.1 Å². The second-order valence-electron chi connectivity index (χ2n) is 13.4. The maximum atomic E-state index is 15.1. The topological polar surface area (TPSA) is 228 Å². The van der Waals surface area contributed by atoms with Gasteiger partial charge in [0, 0.05) is 31.3 Å². The molecule has 0 saturated heterocycles. The van der Waals surface area contributed by atoms with Crippen molar-refractivity contribution in [3.05, 3.63) is 138 Å². The van der Waals surface area contributed by atoms with Crippen molar-refractivity contribution in [3.63, 3.8) is 0 Å². The predicted molar refractivity (Wildman–Crippen MR) is 225 cm³/mol. The van der Waals surface area contributed by atoms with Crippen molar-refractivity contribution in [1.82, 2.24) is 25.2 Å². The maximum absolute atomic E-state index is 15.1. The first-order valence-corrected chi connectivity index (χ1v) is 21.1. The molecule has 1 unspecified atom stereocenters. The highest BCUT2D eigenvalue weighted by Gasteiger charge is 2.45. The van der Waals surface area contributed by atoms with Crippen molar-refractivity contribution in [3.8, 4) is 11.5 Å². The summed E-state index contributed by atoms with van der Waals surface area (Å²) in [6.45, 7) is 2.79. The number of hydrogen-bond donors (Lipinski definition) is 4. The van der Waals surface area contributed by atoms with Crippen LogP contribution in [0.25, 0.3) is 0 Å². The van der Waals surface area contributed by atoms with E-state index in [1.54, 1.807) is 95.8 Å². The van der Waals surface area contributed by atoms with Gasteiger partial charge in [0.25, 0.3) is 5.91 Å². The number of nitrogens with zero attached hydrogens (tertiary/aromatic N) is 5. The molecule has 324 valence electrons. The lowest BCUT2D eigenvalue weighted by Gasteiger charge is -2.34. The van der Waals surface area contributed by atoms with Gasteiger partial charge in [-0.2, -0.15) is 0 Å². The third kappa shape index (κ3) is 15.7. The summed E-state index contributed by atoms with van der Waals surface area (Å²) < 4.78 is 58.6. The molecule has 1 heterocycles. The number of nitrogens with two attached hydrogens (primary N) is 2. The zero-order valence-corrected chi connectivity index (χ0v) is 34.4. The summed E-state index contributed by atoms with van der Waals surface area (Å²) in [5, 5.41) is 21.7. The molecule has 5 rings (SSSR count). The Hall–Kier alpha value is -6.33. The van der Waals surface area contributed by atoms with Crippen LogP contribution in [0, 0.1) is 5.82 Å². The number of ether oxygens (including phenoxy) is 3. The average molecular weight is 861 g/mol. The highest BCUT2D eigenvalue weighted by molar-refractivity contribution is 7.55. The van der Waals surface area contributed by atoms with Crippen LogP contribution >= 0.6 is 7.60 Å². The summed E-state index contributed by atoms with van der Waals surface area (Å²) in [5.74, 6) is -1.60. The van der Waals surface area contributed by atoms with Crippen LogP contribution < -0.4 is 25.8 Å². The molecule has 1 aromatic heterocycles. The Balaban J connectivity index is 1.10. The molecule has 0 aliphatic carbocycles. The van der Waals surface area contributed by atoms with Crippen molar-refractivity contribution in [2.75, 3.05) is 52.7 Å². The summed E-state index contributed by atoms with van der Waals surface area (Å²) in [6, 6.07) is 29.0. The number of carboxylic acid groups (broad SMARTS) is 1. The first-order valence-electron chi connectivity index (χ1n) is 19.5. The van der Waals surface area contributed by atoms with Crippen LogP contribution in [0.1, 0.15) is 28.0 Å². The van der Waals surface area contributed by atoms with Crippen LogP contribution in [0.4, 0.5) is 14.9 Å². The van der Waals surface area contributed by atoms with E-state index in [9.17, 15) is 19.1 Å². The number of nitrogens with one attached hydrogen (secondary N) is 1. The molecule has 0 aliphatic rings. The number of carbonyl (C=O) groups is 2. The fraction of sp³-hybridized carbons (Fsp3) is 0.310. The summed E-state index contributed by atoms with van der Waals surface area (Å²) in [5.41, 5.74) is 13.2. The van der Waals surface area contributed by atoms with E-state index in [4.69, 9.17) is 34.7 Å². The molecule has 61 heavy (non-hydrogen) atoms. The van der Waals surface area contributed by atoms with E-state index in [1.165, 1.54) is 24.3 Å². The van der Waals surface area contributed by atoms with E-state index in [2.05, 4.69) is 20.6 Å². The standard InChI is InChI=1S/C42H50FN8O9P/c43-34-17-15-33(16-18-34)40(52)46-21-24-56-26-28-58-29-27-57-25-23-50-31-36(48-49-50)8-7-22-51(42(53)54)39(30-32-13-19-35(20-14-32)47-41(44)45)61(55,59-37-9-3-1-4-10-37)60-38-11-5-2-6-12-38/h1-6,9-20,31,39H,7-8,21-30H2,(H,46,52)(H,53,54)(H4,44,45,47). The summed E-state index contributed by atoms with van der Waals surface area (Å²) in [6.07, 6.45) is 1.14. The summed E-state index contributed by atoms with van der Waals surface area (Å²) in [4.78, 5) is 30.2. The molecule has 19 heteroatoms. The Labute approximate surface area is 352 Å². The van der Waals surface area contributed by atoms with Crippen molar-refractivity contribution >= 4 is 31.2 Å². The largest absolute Gasteiger partial charge is 0.465 e. The lowest BCUT2D eigenvalue weighted by molar-refractivity contribution is 0.0133. The number of aryl methyl sites for hydroxylation is 1. The van der Waals surface area contributed by atoms with Gasteiger partial charge in [0.15, 0.2) is 11.7 Å². The first-order chi connectivity index (χ1) is 29.6. The minimum atomic E-state index is -4.34. The Kier molecular flexibility index (Phi) is 18.0. The lowest BCUT2D eigenvalue weighted by Crippen LogP contribution is -2.43. The SMILES string of the molecule is NC(N)=Nc1ccc(CC(N(CCCc2cn(CCOCCOCCOCCNC(=O)c3ccc(F)cc3)nn2)C(=O)O)P(=O)(Oc2ccccc2)Oc2ccccc2)cc1. The van der Waals surface area contributed by atoms with Crippen LogP contribution in [-0.2, 0) is 38.2 Å². The number of hydrogen-bond acceptors (Lipinski definition) is 11. The fourth-order valence-corrected chi connectivity index (χ4v) is 7.96. The Morgan fingerprint density at radius 3 is 2.00 bits per heavy atom. The van der Waals surface area contributed by atoms with Gasteiger partial charge in [-0.1, -0.05) is 53.7 Å². The second kappa shape index (κ2) is 24.1. The third-order valence-electron chi connectivity index (χ3n) is 8.80. The van der Waals surface area contributed by atoms with E-state index < -0.39 is 25.3 Å². The Bertz CT molecular complexity index is 2120. The minimum absolute atomic E-state index is 0.0255. The maximum Gasteiger partial charge on any atom is 0.453 e. The molecule has 0 spiro atoms. The zero-order chi connectivity index (χ0) is 43.3. The first kappa shape index (κ1) is 45.7. The molecule has 17 nitrogen and oxygen atoms in total. The molecule has 0 fully saturated rings. The highest BCUT2D eigenvalue weighted by atomic mass is 31.2. The van der Waals surface area contributed by atoms with Crippen molar-refractivity contribution in [2.24, 2.45) is 16.5 Å². The van der Waals surface area contributed by atoms with Gasteiger partial charge < -0.3 is 45.1 Å². The molecule has 2 amide bonds. The predicted octanol–water partition coefficient (Wildman–Crippen LogP) is 5.63. The quantitative estimate of drug-likeness (QED) is 0.0229. The van der Waals surface area contributed by atoms with Gasteiger partial charge in [-0.3, -0.25) is 9.69 Å². The van der Waals surface area contributed by atoms with E-state index in [1.807, 2.05) is 0 Å². The van der Waals surface area contributed by atoms with E-state index >= 15 is 4.57 Å². The number of guanidine groups is 1. The smallest absolute Gasteiger partial charge is 0.453 e. The molecule has 0 radical (unpaired) electrons. The molecule has 5 aromatic rings. The second-order valence-corrected chi connectivity index (χ2v) is 15.4. The Morgan fingerprint density at radius 1 is 0.820 bits per heavy atom. The molecular formula is C42H50FN8O9P. The fourth-order valence-electron chi connectivity index (χ4n) is 5.86. The van der Waals surface area contributed by atoms with Crippen LogP contribution in [0.2, 0.25) is 0 Å². The van der Waals surface area contributed by atoms with Gasteiger partial charge in [0.2, 0.25) is 0 Å². The normalized spacial score (nSPS) is 11.7. The summed E-state index contributed by atoms with van der Waals surface area (Å²) in [7, 11) is -4.34. The average Bonchev–Trinajstić information content (AvgIpc) is 3.70. The number of benzene rings is 4. The number of halogens is 1.